The van der Waals surface area contributed by atoms with Crippen LogP contribution in [0.2, 0.25) is 5.15 Å². The van der Waals surface area contributed by atoms with Crippen molar-refractivity contribution in [2.45, 2.75) is 39.8 Å². The van der Waals surface area contributed by atoms with Crippen LogP contribution in [0.5, 0.6) is 0 Å². The number of aryl methyl sites for hydroxylation is 2. The van der Waals surface area contributed by atoms with Gasteiger partial charge in [0.05, 0.1) is 6.54 Å². The maximum Gasteiger partial charge on any atom is 0.152 e. The fourth-order valence-electron chi connectivity index (χ4n) is 1.74. The van der Waals surface area contributed by atoms with Crippen molar-refractivity contribution in [2.75, 3.05) is 5.32 Å². The quantitative estimate of drug-likeness (QED) is 0.823. The first-order chi connectivity index (χ1) is 9.22. The van der Waals surface area contributed by atoms with Crippen molar-refractivity contribution in [3.8, 4) is 0 Å². The van der Waals surface area contributed by atoms with Crippen molar-refractivity contribution in [3.63, 3.8) is 0 Å². The molecule has 0 fully saturated rings. The zero-order valence-electron chi connectivity index (χ0n) is 11.1. The first-order valence-corrected chi connectivity index (χ1v) is 6.74. The Morgan fingerprint density at radius 2 is 2.16 bits per heavy atom. The minimum absolute atomic E-state index is 0.456. The van der Waals surface area contributed by atoms with Gasteiger partial charge in [-0.3, -0.25) is 0 Å². The van der Waals surface area contributed by atoms with E-state index in [9.17, 15) is 0 Å². The lowest BCUT2D eigenvalue weighted by Crippen LogP contribution is -2.09. The molecule has 0 radical (unpaired) electrons. The van der Waals surface area contributed by atoms with Crippen LogP contribution in [0.15, 0.2) is 12.4 Å². The van der Waals surface area contributed by atoms with Crippen molar-refractivity contribution >= 4 is 17.4 Å². The second-order valence-electron chi connectivity index (χ2n) is 4.13. The summed E-state index contributed by atoms with van der Waals surface area (Å²) < 4.78 is 1.97. The van der Waals surface area contributed by atoms with Crippen LogP contribution in [0.3, 0.4) is 0 Å². The van der Waals surface area contributed by atoms with Crippen LogP contribution in [-0.2, 0) is 19.5 Å². The Balaban J connectivity index is 2.06. The van der Waals surface area contributed by atoms with Gasteiger partial charge in [0.1, 0.15) is 23.1 Å². The van der Waals surface area contributed by atoms with E-state index >= 15 is 0 Å². The standard InChI is InChI=1S/C12H17ClN6/c1-3-5-10-16-9(13)6-11(17-10)14-7-12-18-15-8-19(12)4-2/h6,8H,3-5,7H2,1-2H3,(H,14,16,17). The Hall–Kier alpha value is -1.69. The summed E-state index contributed by atoms with van der Waals surface area (Å²) in [6.45, 7) is 5.54. The van der Waals surface area contributed by atoms with Gasteiger partial charge in [0, 0.05) is 19.0 Å². The molecule has 0 saturated heterocycles. The van der Waals surface area contributed by atoms with Gasteiger partial charge in [0.25, 0.3) is 0 Å². The number of nitrogens with one attached hydrogen (secondary N) is 1. The number of hydrogen-bond donors (Lipinski definition) is 1. The highest BCUT2D eigenvalue weighted by molar-refractivity contribution is 6.29. The lowest BCUT2D eigenvalue weighted by atomic mass is 10.3. The minimum atomic E-state index is 0.456. The average molecular weight is 281 g/mol. The molecule has 2 rings (SSSR count). The van der Waals surface area contributed by atoms with Gasteiger partial charge in [-0.2, -0.15) is 0 Å². The van der Waals surface area contributed by atoms with Crippen LogP contribution in [-0.4, -0.2) is 24.7 Å². The molecule has 102 valence electrons. The van der Waals surface area contributed by atoms with E-state index in [0.29, 0.717) is 17.5 Å². The predicted octanol–water partition coefficient (Wildman–Crippen LogP) is 2.31. The van der Waals surface area contributed by atoms with Gasteiger partial charge in [-0.1, -0.05) is 18.5 Å². The molecule has 6 nitrogen and oxygen atoms in total. The van der Waals surface area contributed by atoms with Crippen molar-refractivity contribution in [3.05, 3.63) is 29.2 Å². The van der Waals surface area contributed by atoms with Gasteiger partial charge >= 0.3 is 0 Å². The van der Waals surface area contributed by atoms with Crippen molar-refractivity contribution in [1.82, 2.24) is 24.7 Å². The molecule has 0 saturated carbocycles. The molecule has 2 aromatic rings. The zero-order chi connectivity index (χ0) is 13.7. The van der Waals surface area contributed by atoms with E-state index in [0.717, 1.165) is 31.0 Å². The Bertz CT molecular complexity index is 539. The highest BCUT2D eigenvalue weighted by atomic mass is 35.5. The zero-order valence-corrected chi connectivity index (χ0v) is 11.9. The van der Waals surface area contributed by atoms with Crippen LogP contribution in [0.4, 0.5) is 5.82 Å². The fourth-order valence-corrected chi connectivity index (χ4v) is 1.94. The highest BCUT2D eigenvalue weighted by Crippen LogP contribution is 2.13. The molecule has 0 bridgehead atoms. The Kier molecular flexibility index (Phi) is 4.68. The molecule has 0 aromatic carbocycles. The first kappa shape index (κ1) is 13.7. The molecule has 7 heteroatoms. The molecule has 0 spiro atoms. The maximum absolute atomic E-state index is 5.98. The van der Waals surface area contributed by atoms with Crippen molar-refractivity contribution < 1.29 is 0 Å². The molecule has 0 unspecified atom stereocenters. The second-order valence-corrected chi connectivity index (χ2v) is 4.52. The van der Waals surface area contributed by atoms with Crippen LogP contribution >= 0.6 is 11.6 Å². The SMILES string of the molecule is CCCc1nc(Cl)cc(NCc2nncn2CC)n1. The van der Waals surface area contributed by atoms with Gasteiger partial charge in [-0.15, -0.1) is 10.2 Å². The average Bonchev–Trinajstić information content (AvgIpc) is 2.83. The van der Waals surface area contributed by atoms with E-state index in [-0.39, 0.29) is 0 Å². The number of nitrogens with zero attached hydrogens (tertiary/aromatic N) is 5. The largest absolute Gasteiger partial charge is 0.363 e. The Morgan fingerprint density at radius 3 is 2.89 bits per heavy atom. The summed E-state index contributed by atoms with van der Waals surface area (Å²) in [5.74, 6) is 2.35. The smallest absolute Gasteiger partial charge is 0.152 e. The van der Waals surface area contributed by atoms with Crippen molar-refractivity contribution in [2.24, 2.45) is 0 Å². The van der Waals surface area contributed by atoms with Gasteiger partial charge in [-0.05, 0) is 13.3 Å². The van der Waals surface area contributed by atoms with E-state index in [1.54, 1.807) is 12.4 Å². The molecule has 0 aliphatic carbocycles. The third-order valence-electron chi connectivity index (χ3n) is 2.68. The van der Waals surface area contributed by atoms with Crippen LogP contribution in [0, 0.1) is 0 Å². The number of aromatic nitrogens is 5. The summed E-state index contributed by atoms with van der Waals surface area (Å²) in [5, 5.41) is 11.6. The fraction of sp³-hybridized carbons (Fsp3) is 0.500. The third-order valence-corrected chi connectivity index (χ3v) is 2.87. The first-order valence-electron chi connectivity index (χ1n) is 6.37. The summed E-state index contributed by atoms with van der Waals surface area (Å²) in [7, 11) is 0. The number of hydrogen-bond acceptors (Lipinski definition) is 5. The number of rotatable bonds is 6. The van der Waals surface area contributed by atoms with Crippen molar-refractivity contribution in [1.29, 1.82) is 0 Å². The van der Waals surface area contributed by atoms with Gasteiger partial charge in [-0.25, -0.2) is 9.97 Å². The lowest BCUT2D eigenvalue weighted by Gasteiger charge is -2.08. The third kappa shape index (κ3) is 3.64. The monoisotopic (exact) mass is 280 g/mol. The molecule has 0 amide bonds. The van der Waals surface area contributed by atoms with E-state index < -0.39 is 0 Å². The summed E-state index contributed by atoms with van der Waals surface area (Å²) in [5.41, 5.74) is 0. The van der Waals surface area contributed by atoms with E-state index in [1.165, 1.54) is 0 Å². The summed E-state index contributed by atoms with van der Waals surface area (Å²) in [6.07, 6.45) is 3.52. The molecule has 19 heavy (non-hydrogen) atoms. The van der Waals surface area contributed by atoms with Gasteiger partial charge in [0.2, 0.25) is 0 Å². The van der Waals surface area contributed by atoms with E-state index in [4.69, 9.17) is 11.6 Å². The minimum Gasteiger partial charge on any atom is -0.363 e. The van der Waals surface area contributed by atoms with E-state index in [2.05, 4.69) is 32.4 Å². The predicted molar refractivity (Wildman–Crippen MR) is 74.1 cm³/mol. The summed E-state index contributed by atoms with van der Waals surface area (Å²) in [4.78, 5) is 8.60. The molecular weight excluding hydrogens is 264 g/mol. The Labute approximate surface area is 117 Å². The molecule has 0 atom stereocenters. The summed E-state index contributed by atoms with van der Waals surface area (Å²) in [6, 6.07) is 1.72. The molecular formula is C12H17ClN6. The lowest BCUT2D eigenvalue weighted by molar-refractivity contribution is 0.706. The molecule has 2 heterocycles. The Morgan fingerprint density at radius 1 is 1.32 bits per heavy atom. The molecule has 2 aromatic heterocycles. The number of anilines is 1. The van der Waals surface area contributed by atoms with Crippen LogP contribution in [0.1, 0.15) is 31.9 Å². The van der Waals surface area contributed by atoms with Gasteiger partial charge in [0.15, 0.2) is 5.82 Å². The van der Waals surface area contributed by atoms with Gasteiger partial charge < -0.3 is 9.88 Å². The second kappa shape index (κ2) is 6.47. The molecule has 0 aliphatic heterocycles. The highest BCUT2D eigenvalue weighted by Gasteiger charge is 2.05. The summed E-state index contributed by atoms with van der Waals surface area (Å²) >= 11 is 5.98. The topological polar surface area (TPSA) is 68.5 Å². The molecule has 1 N–H and O–H groups in total. The van der Waals surface area contributed by atoms with Crippen LogP contribution in [0.25, 0.3) is 0 Å². The normalized spacial score (nSPS) is 10.7. The number of halogens is 1. The molecule has 0 aliphatic rings. The maximum atomic E-state index is 5.98. The van der Waals surface area contributed by atoms with Crippen LogP contribution < -0.4 is 5.32 Å². The van der Waals surface area contributed by atoms with E-state index in [1.807, 2.05) is 11.5 Å².